The van der Waals surface area contributed by atoms with E-state index in [0.29, 0.717) is 11.5 Å². The molecule has 1 atom stereocenters. The number of carbonyl (C=O) groups excluding carboxylic acids is 1. The quantitative estimate of drug-likeness (QED) is 0.690. The zero-order chi connectivity index (χ0) is 22.6. The molecule has 0 spiro atoms. The highest BCUT2D eigenvalue weighted by Crippen LogP contribution is 2.30. The Hall–Kier alpha value is -2.58. The fourth-order valence-corrected chi connectivity index (χ4v) is 4.40. The highest BCUT2D eigenvalue weighted by Gasteiger charge is 2.25. The van der Waals surface area contributed by atoms with Crippen LogP contribution in [0.15, 0.2) is 35.2 Å². The number of ether oxygens (including phenoxy) is 2. The summed E-state index contributed by atoms with van der Waals surface area (Å²) in [5.74, 6) is 0.344. The number of sulfonamides is 1. The van der Waals surface area contributed by atoms with E-state index in [1.54, 1.807) is 0 Å². The minimum atomic E-state index is -3.88. The highest BCUT2D eigenvalue weighted by molar-refractivity contribution is 7.89. The third kappa shape index (κ3) is 5.12. The van der Waals surface area contributed by atoms with E-state index in [4.69, 9.17) is 9.47 Å². The Balaban J connectivity index is 2.14. The summed E-state index contributed by atoms with van der Waals surface area (Å²) in [6, 6.07) is 8.22. The lowest BCUT2D eigenvalue weighted by Crippen LogP contribution is -2.39. The second kappa shape index (κ2) is 9.49. The van der Waals surface area contributed by atoms with E-state index in [2.05, 4.69) is 17.4 Å². The Morgan fingerprint density at radius 2 is 1.60 bits per heavy atom. The normalized spacial score (nSPS) is 12.5. The highest BCUT2D eigenvalue weighted by atomic mass is 32.2. The second-order valence-electron chi connectivity index (χ2n) is 7.36. The molecule has 7 nitrogen and oxygen atoms in total. The standard InChI is InChI=1S/C22H30N2O5S/c1-14-10-16(3)19(11-15(14)2)17(4)23-22(25)13-24(5)30(26,27)18-8-9-20(28-6)21(12-18)29-7/h8-12,17H,13H2,1-7H3,(H,23,25). The molecule has 8 heteroatoms. The van der Waals surface area contributed by atoms with Crippen molar-refractivity contribution in [3.63, 3.8) is 0 Å². The van der Waals surface area contributed by atoms with Crippen molar-refractivity contribution in [2.45, 2.75) is 38.6 Å². The lowest BCUT2D eigenvalue weighted by Gasteiger charge is -2.21. The van der Waals surface area contributed by atoms with Crippen molar-refractivity contribution in [2.75, 3.05) is 27.8 Å². The maximum atomic E-state index is 12.9. The number of likely N-dealkylation sites (N-methyl/N-ethyl adjacent to an activating group) is 1. The molecular formula is C22H30N2O5S. The number of benzene rings is 2. The average molecular weight is 435 g/mol. The van der Waals surface area contributed by atoms with E-state index in [0.717, 1.165) is 21.0 Å². The molecular weight excluding hydrogens is 404 g/mol. The minimum absolute atomic E-state index is 0.0218. The van der Waals surface area contributed by atoms with E-state index in [-0.39, 0.29) is 23.4 Å². The van der Waals surface area contributed by atoms with Crippen LogP contribution in [0.5, 0.6) is 11.5 Å². The van der Waals surface area contributed by atoms with Crippen molar-refractivity contribution in [1.29, 1.82) is 0 Å². The summed E-state index contributed by atoms with van der Waals surface area (Å²) in [6.45, 7) is 7.65. The van der Waals surface area contributed by atoms with Gasteiger partial charge in [0.1, 0.15) is 0 Å². The van der Waals surface area contributed by atoms with Crippen LogP contribution in [0.4, 0.5) is 0 Å². The molecule has 164 valence electrons. The van der Waals surface area contributed by atoms with Gasteiger partial charge in [-0.2, -0.15) is 4.31 Å². The molecule has 2 aromatic rings. The molecule has 0 saturated carbocycles. The number of carbonyl (C=O) groups is 1. The van der Waals surface area contributed by atoms with Gasteiger partial charge in [0.2, 0.25) is 15.9 Å². The molecule has 2 rings (SSSR count). The molecule has 0 saturated heterocycles. The molecule has 1 unspecified atom stereocenters. The van der Waals surface area contributed by atoms with Crippen LogP contribution in [0.25, 0.3) is 0 Å². The molecule has 0 aliphatic rings. The van der Waals surface area contributed by atoms with Gasteiger partial charge in [0.25, 0.3) is 0 Å². The number of aryl methyl sites for hydroxylation is 3. The summed E-state index contributed by atoms with van der Waals surface area (Å²) in [4.78, 5) is 12.6. The minimum Gasteiger partial charge on any atom is -0.493 e. The first kappa shape index (κ1) is 23.7. The Bertz CT molecular complexity index is 1030. The van der Waals surface area contributed by atoms with Gasteiger partial charge in [-0.1, -0.05) is 12.1 Å². The zero-order valence-corrected chi connectivity index (χ0v) is 19.4. The molecule has 30 heavy (non-hydrogen) atoms. The number of hydrogen-bond acceptors (Lipinski definition) is 5. The Morgan fingerprint density at radius 3 is 2.20 bits per heavy atom. The summed E-state index contributed by atoms with van der Waals surface area (Å²) in [5, 5.41) is 2.89. The lowest BCUT2D eigenvalue weighted by atomic mass is 9.96. The third-order valence-corrected chi connectivity index (χ3v) is 6.96. The average Bonchev–Trinajstić information content (AvgIpc) is 2.69. The SMILES string of the molecule is COc1ccc(S(=O)(=O)N(C)CC(=O)NC(C)c2cc(C)c(C)cc2C)cc1OC. The first-order valence-corrected chi connectivity index (χ1v) is 11.0. The lowest BCUT2D eigenvalue weighted by molar-refractivity contribution is -0.121. The predicted molar refractivity (Wildman–Crippen MR) is 117 cm³/mol. The van der Waals surface area contributed by atoms with Gasteiger partial charge in [-0.25, -0.2) is 8.42 Å². The molecule has 1 N–H and O–H groups in total. The molecule has 2 aromatic carbocycles. The fraction of sp³-hybridized carbons (Fsp3) is 0.409. The number of nitrogens with one attached hydrogen (secondary N) is 1. The van der Waals surface area contributed by atoms with E-state index >= 15 is 0 Å². The van der Waals surface area contributed by atoms with Crippen molar-refractivity contribution in [3.05, 3.63) is 52.6 Å². The third-order valence-electron chi connectivity index (χ3n) is 5.16. The second-order valence-corrected chi connectivity index (χ2v) is 9.41. The van der Waals surface area contributed by atoms with Gasteiger partial charge in [-0.3, -0.25) is 4.79 Å². The predicted octanol–water partition coefficient (Wildman–Crippen LogP) is 3.13. The summed E-state index contributed by atoms with van der Waals surface area (Å²) < 4.78 is 37.1. The van der Waals surface area contributed by atoms with Gasteiger partial charge in [-0.05, 0) is 62.1 Å². The monoisotopic (exact) mass is 434 g/mol. The fourth-order valence-electron chi connectivity index (χ4n) is 3.26. The molecule has 0 radical (unpaired) electrons. The van der Waals surface area contributed by atoms with E-state index in [1.807, 2.05) is 27.7 Å². The smallest absolute Gasteiger partial charge is 0.243 e. The molecule has 0 bridgehead atoms. The molecule has 0 heterocycles. The Morgan fingerprint density at radius 1 is 1.00 bits per heavy atom. The van der Waals surface area contributed by atoms with Crippen molar-refractivity contribution in [2.24, 2.45) is 0 Å². The maximum absolute atomic E-state index is 12.9. The Kier molecular flexibility index (Phi) is 7.49. The van der Waals surface area contributed by atoms with E-state index < -0.39 is 10.0 Å². The largest absolute Gasteiger partial charge is 0.493 e. The van der Waals surface area contributed by atoms with Crippen LogP contribution in [0.3, 0.4) is 0 Å². The summed E-state index contributed by atoms with van der Waals surface area (Å²) >= 11 is 0. The van der Waals surface area contributed by atoms with Gasteiger partial charge >= 0.3 is 0 Å². The van der Waals surface area contributed by atoms with Crippen molar-refractivity contribution in [1.82, 2.24) is 9.62 Å². The van der Waals surface area contributed by atoms with E-state index in [9.17, 15) is 13.2 Å². The van der Waals surface area contributed by atoms with Crippen molar-refractivity contribution < 1.29 is 22.7 Å². The molecule has 0 aliphatic carbocycles. The van der Waals surface area contributed by atoms with Crippen LogP contribution in [0, 0.1) is 20.8 Å². The first-order chi connectivity index (χ1) is 14.0. The van der Waals surface area contributed by atoms with Crippen LogP contribution in [0.2, 0.25) is 0 Å². The van der Waals surface area contributed by atoms with Gasteiger partial charge in [0, 0.05) is 13.1 Å². The van der Waals surface area contributed by atoms with Gasteiger partial charge in [-0.15, -0.1) is 0 Å². The van der Waals surface area contributed by atoms with Crippen molar-refractivity contribution in [3.8, 4) is 11.5 Å². The first-order valence-electron chi connectivity index (χ1n) is 9.56. The van der Waals surface area contributed by atoms with Crippen LogP contribution >= 0.6 is 0 Å². The maximum Gasteiger partial charge on any atom is 0.243 e. The summed E-state index contributed by atoms with van der Waals surface area (Å²) in [7, 11) is 0.402. The molecule has 0 aromatic heterocycles. The van der Waals surface area contributed by atoms with Crippen LogP contribution in [0.1, 0.15) is 35.2 Å². The van der Waals surface area contributed by atoms with Crippen LogP contribution in [-0.4, -0.2) is 46.4 Å². The summed E-state index contributed by atoms with van der Waals surface area (Å²) in [6.07, 6.45) is 0. The van der Waals surface area contributed by atoms with Crippen molar-refractivity contribution >= 4 is 15.9 Å². The number of rotatable bonds is 8. The number of nitrogens with zero attached hydrogens (tertiary/aromatic N) is 1. The van der Waals surface area contributed by atoms with Crippen LogP contribution < -0.4 is 14.8 Å². The van der Waals surface area contributed by atoms with Gasteiger partial charge in [0.15, 0.2) is 11.5 Å². The Labute approximate surface area is 179 Å². The summed E-state index contributed by atoms with van der Waals surface area (Å²) in [5.41, 5.74) is 4.43. The molecule has 1 amide bonds. The van der Waals surface area contributed by atoms with Crippen LogP contribution in [-0.2, 0) is 14.8 Å². The topological polar surface area (TPSA) is 84.9 Å². The van der Waals surface area contributed by atoms with E-state index in [1.165, 1.54) is 45.0 Å². The molecule has 0 fully saturated rings. The van der Waals surface area contributed by atoms with Gasteiger partial charge in [0.05, 0.1) is 31.7 Å². The number of hydrogen-bond donors (Lipinski definition) is 1. The van der Waals surface area contributed by atoms with Gasteiger partial charge < -0.3 is 14.8 Å². The zero-order valence-electron chi connectivity index (χ0n) is 18.6. The molecule has 0 aliphatic heterocycles. The number of amides is 1. The number of methoxy groups -OCH3 is 2.